The van der Waals surface area contributed by atoms with E-state index in [0.29, 0.717) is 0 Å². The van der Waals surface area contributed by atoms with Gasteiger partial charge >= 0.3 is 6.09 Å². The number of unbranched alkanes of at least 4 members (excludes halogenated alkanes) is 4. The van der Waals surface area contributed by atoms with Crippen LogP contribution in [0.1, 0.15) is 52.9 Å². The van der Waals surface area contributed by atoms with Crippen molar-refractivity contribution in [3.63, 3.8) is 0 Å². The van der Waals surface area contributed by atoms with Gasteiger partial charge in [-0.1, -0.05) is 12.8 Å². The smallest absolute Gasteiger partial charge is 0.410 e. The number of hydrogen-bond donors (Lipinski definition) is 0. The van der Waals surface area contributed by atoms with E-state index in [1.54, 1.807) is 11.9 Å². The molecule has 0 aromatic carbocycles. The van der Waals surface area contributed by atoms with Crippen molar-refractivity contribution in [1.29, 1.82) is 0 Å². The summed E-state index contributed by atoms with van der Waals surface area (Å²) in [7, 11) is 1.77. The maximum absolute atomic E-state index is 11.6. The standard InChI is InChI=1S/C14H25NO2/c1-6-7-8-9-10-11-12-15(5)13(16)17-14(2,3)4/h1H,7-12H2,2-5H3. The summed E-state index contributed by atoms with van der Waals surface area (Å²) in [5, 5.41) is 0. The van der Waals surface area contributed by atoms with Gasteiger partial charge in [-0.3, -0.25) is 0 Å². The van der Waals surface area contributed by atoms with Crippen LogP contribution < -0.4 is 0 Å². The molecule has 1 amide bonds. The number of hydrogen-bond acceptors (Lipinski definition) is 2. The molecule has 0 fully saturated rings. The zero-order valence-electron chi connectivity index (χ0n) is 11.6. The summed E-state index contributed by atoms with van der Waals surface area (Å²) in [6.07, 6.45) is 10.1. The fourth-order valence-corrected chi connectivity index (χ4v) is 1.36. The first-order valence-corrected chi connectivity index (χ1v) is 6.24. The zero-order chi connectivity index (χ0) is 13.3. The van der Waals surface area contributed by atoms with Crippen LogP contribution in [0.4, 0.5) is 4.79 Å². The molecule has 0 N–H and O–H groups in total. The molecule has 0 aromatic rings. The van der Waals surface area contributed by atoms with Crippen molar-refractivity contribution in [1.82, 2.24) is 4.90 Å². The van der Waals surface area contributed by atoms with Gasteiger partial charge in [-0.15, -0.1) is 12.3 Å². The minimum atomic E-state index is -0.419. The second-order valence-electron chi connectivity index (χ2n) is 5.27. The molecule has 0 heterocycles. The molecule has 0 radical (unpaired) electrons. The Labute approximate surface area is 106 Å². The fraction of sp³-hybridized carbons (Fsp3) is 0.786. The number of amides is 1. The average Bonchev–Trinajstić information content (AvgIpc) is 2.20. The van der Waals surface area contributed by atoms with Gasteiger partial charge in [0.1, 0.15) is 5.60 Å². The summed E-state index contributed by atoms with van der Waals surface area (Å²) < 4.78 is 5.26. The Kier molecular flexibility index (Phi) is 7.45. The molecular weight excluding hydrogens is 214 g/mol. The predicted molar refractivity (Wildman–Crippen MR) is 70.8 cm³/mol. The van der Waals surface area contributed by atoms with Crippen molar-refractivity contribution in [3.8, 4) is 12.3 Å². The van der Waals surface area contributed by atoms with Crippen molar-refractivity contribution in [2.75, 3.05) is 13.6 Å². The quantitative estimate of drug-likeness (QED) is 0.525. The number of ether oxygens (including phenoxy) is 1. The lowest BCUT2D eigenvalue weighted by molar-refractivity contribution is 0.0296. The maximum Gasteiger partial charge on any atom is 0.410 e. The lowest BCUT2D eigenvalue weighted by atomic mass is 10.1. The van der Waals surface area contributed by atoms with E-state index in [-0.39, 0.29) is 6.09 Å². The molecule has 0 bridgehead atoms. The third-order valence-electron chi connectivity index (χ3n) is 2.27. The third-order valence-corrected chi connectivity index (χ3v) is 2.27. The van der Waals surface area contributed by atoms with Gasteiger partial charge in [0.05, 0.1) is 0 Å². The molecule has 17 heavy (non-hydrogen) atoms. The van der Waals surface area contributed by atoms with E-state index in [2.05, 4.69) is 5.92 Å². The topological polar surface area (TPSA) is 29.5 Å². The first-order valence-electron chi connectivity index (χ1n) is 6.24. The summed E-state index contributed by atoms with van der Waals surface area (Å²) in [6.45, 7) is 6.36. The number of rotatable bonds is 6. The summed E-state index contributed by atoms with van der Waals surface area (Å²) in [4.78, 5) is 13.2. The Morgan fingerprint density at radius 1 is 1.24 bits per heavy atom. The molecule has 0 aromatic heterocycles. The summed E-state index contributed by atoms with van der Waals surface area (Å²) >= 11 is 0. The van der Waals surface area contributed by atoms with Crippen LogP contribution in [-0.2, 0) is 4.74 Å². The highest BCUT2D eigenvalue weighted by atomic mass is 16.6. The Morgan fingerprint density at radius 2 is 1.82 bits per heavy atom. The maximum atomic E-state index is 11.6. The molecule has 0 rings (SSSR count). The van der Waals surface area contributed by atoms with E-state index in [1.165, 1.54) is 0 Å². The van der Waals surface area contributed by atoms with Gasteiger partial charge in [0.15, 0.2) is 0 Å². The first kappa shape index (κ1) is 15.8. The molecule has 0 unspecified atom stereocenters. The van der Waals surface area contributed by atoms with Crippen LogP contribution >= 0.6 is 0 Å². The molecular formula is C14H25NO2. The SMILES string of the molecule is C#CCCCCCCN(C)C(=O)OC(C)(C)C. The Hall–Kier alpha value is -1.17. The van der Waals surface area contributed by atoms with Crippen LogP contribution in [0.5, 0.6) is 0 Å². The van der Waals surface area contributed by atoms with E-state index in [1.807, 2.05) is 20.8 Å². The third kappa shape index (κ3) is 9.74. The van der Waals surface area contributed by atoms with E-state index in [4.69, 9.17) is 11.2 Å². The number of nitrogens with zero attached hydrogens (tertiary/aromatic N) is 1. The van der Waals surface area contributed by atoms with E-state index < -0.39 is 5.60 Å². The van der Waals surface area contributed by atoms with Crippen LogP contribution in [0.25, 0.3) is 0 Å². The van der Waals surface area contributed by atoms with Crippen molar-refractivity contribution in [3.05, 3.63) is 0 Å². The minimum absolute atomic E-state index is 0.249. The molecule has 0 aliphatic rings. The molecule has 0 aliphatic heterocycles. The van der Waals surface area contributed by atoms with Gasteiger partial charge in [0.25, 0.3) is 0 Å². The number of terminal acetylenes is 1. The van der Waals surface area contributed by atoms with Gasteiger partial charge in [-0.25, -0.2) is 4.79 Å². The van der Waals surface area contributed by atoms with Crippen molar-refractivity contribution < 1.29 is 9.53 Å². The van der Waals surface area contributed by atoms with Gasteiger partial charge in [-0.2, -0.15) is 0 Å². The minimum Gasteiger partial charge on any atom is -0.444 e. The second-order valence-corrected chi connectivity index (χ2v) is 5.27. The molecule has 0 spiro atoms. The first-order chi connectivity index (χ1) is 7.87. The van der Waals surface area contributed by atoms with Crippen LogP contribution in [0, 0.1) is 12.3 Å². The van der Waals surface area contributed by atoms with Crippen LogP contribution in [0.2, 0.25) is 0 Å². The van der Waals surface area contributed by atoms with E-state index in [9.17, 15) is 4.79 Å². The van der Waals surface area contributed by atoms with Crippen molar-refractivity contribution in [2.45, 2.75) is 58.5 Å². The molecule has 3 heteroatoms. The van der Waals surface area contributed by atoms with Crippen molar-refractivity contribution in [2.24, 2.45) is 0 Å². The molecule has 98 valence electrons. The van der Waals surface area contributed by atoms with Gasteiger partial charge in [-0.05, 0) is 33.6 Å². The Morgan fingerprint density at radius 3 is 2.35 bits per heavy atom. The van der Waals surface area contributed by atoms with E-state index >= 15 is 0 Å². The predicted octanol–water partition coefficient (Wildman–Crippen LogP) is 3.44. The van der Waals surface area contributed by atoms with Crippen LogP contribution in [-0.4, -0.2) is 30.2 Å². The lowest BCUT2D eigenvalue weighted by Gasteiger charge is -2.24. The highest BCUT2D eigenvalue weighted by Gasteiger charge is 2.18. The van der Waals surface area contributed by atoms with Gasteiger partial charge in [0, 0.05) is 20.0 Å². The molecule has 0 atom stereocenters. The fourth-order valence-electron chi connectivity index (χ4n) is 1.36. The molecule has 0 aliphatic carbocycles. The molecule has 0 saturated heterocycles. The molecule has 0 saturated carbocycles. The van der Waals surface area contributed by atoms with Gasteiger partial charge in [0.2, 0.25) is 0 Å². The zero-order valence-corrected chi connectivity index (χ0v) is 11.6. The van der Waals surface area contributed by atoms with Crippen LogP contribution in [0.15, 0.2) is 0 Å². The summed E-state index contributed by atoms with van der Waals surface area (Å²) in [5.41, 5.74) is -0.419. The second kappa shape index (κ2) is 8.00. The lowest BCUT2D eigenvalue weighted by Crippen LogP contribution is -2.34. The Balaban J connectivity index is 3.62. The summed E-state index contributed by atoms with van der Waals surface area (Å²) in [5.74, 6) is 2.63. The average molecular weight is 239 g/mol. The monoisotopic (exact) mass is 239 g/mol. The largest absolute Gasteiger partial charge is 0.444 e. The van der Waals surface area contributed by atoms with E-state index in [0.717, 1.165) is 38.6 Å². The van der Waals surface area contributed by atoms with Crippen LogP contribution in [0.3, 0.4) is 0 Å². The van der Waals surface area contributed by atoms with Gasteiger partial charge < -0.3 is 9.64 Å². The highest BCUT2D eigenvalue weighted by Crippen LogP contribution is 2.10. The highest BCUT2D eigenvalue weighted by molar-refractivity contribution is 5.67. The Bertz CT molecular complexity index is 260. The normalized spacial score (nSPS) is 10.8. The number of carbonyl (C=O) groups excluding carboxylic acids is 1. The number of carbonyl (C=O) groups is 1. The summed E-state index contributed by atoms with van der Waals surface area (Å²) in [6, 6.07) is 0. The molecule has 3 nitrogen and oxygen atoms in total. The van der Waals surface area contributed by atoms with Crippen molar-refractivity contribution >= 4 is 6.09 Å².